The number of benzene rings is 1. The average Bonchev–Trinajstić information content (AvgIpc) is 2.49. The summed E-state index contributed by atoms with van der Waals surface area (Å²) >= 11 is 0. The van der Waals surface area contributed by atoms with E-state index in [0.29, 0.717) is 6.42 Å². The van der Waals surface area contributed by atoms with E-state index in [1.807, 2.05) is 37.3 Å². The predicted molar refractivity (Wildman–Crippen MR) is 81.2 cm³/mol. The molecule has 0 aromatic heterocycles. The van der Waals surface area contributed by atoms with E-state index in [4.69, 9.17) is 6.42 Å². The van der Waals surface area contributed by atoms with E-state index in [9.17, 15) is 9.59 Å². The lowest BCUT2D eigenvalue weighted by molar-refractivity contribution is -0.152. The van der Waals surface area contributed by atoms with Gasteiger partial charge in [0.15, 0.2) is 0 Å². The molecule has 2 atom stereocenters. The van der Waals surface area contributed by atoms with Gasteiger partial charge in [-0.2, -0.15) is 0 Å². The van der Waals surface area contributed by atoms with Crippen LogP contribution in [0.1, 0.15) is 32.3 Å². The summed E-state index contributed by atoms with van der Waals surface area (Å²) in [6.45, 7) is 3.79. The van der Waals surface area contributed by atoms with Gasteiger partial charge in [-0.15, -0.1) is 12.3 Å². The number of terminal acetylenes is 1. The third-order valence-electron chi connectivity index (χ3n) is 4.01. The number of rotatable bonds is 4. The molecule has 1 heterocycles. The number of carbonyl (C=O) groups excluding carboxylic acids is 2. The molecule has 1 aromatic rings. The van der Waals surface area contributed by atoms with Gasteiger partial charge in [0.1, 0.15) is 5.54 Å². The third-order valence-corrected chi connectivity index (χ3v) is 4.01. The molecule has 1 aliphatic heterocycles. The molecule has 1 N–H and O–H groups in total. The summed E-state index contributed by atoms with van der Waals surface area (Å²) in [5.41, 5.74) is -0.248. The predicted octanol–water partition coefficient (Wildman–Crippen LogP) is 1.66. The Morgan fingerprint density at radius 1 is 1.38 bits per heavy atom. The summed E-state index contributed by atoms with van der Waals surface area (Å²) in [4.78, 5) is 26.6. The SMILES string of the molecule is C#CCC(CC)N1CC(=O)NC(C)(c2ccccc2)C1=O. The van der Waals surface area contributed by atoms with E-state index >= 15 is 0 Å². The first-order chi connectivity index (χ1) is 10.0. The van der Waals surface area contributed by atoms with Crippen LogP contribution in [0.2, 0.25) is 0 Å². The van der Waals surface area contributed by atoms with Crippen molar-refractivity contribution in [2.24, 2.45) is 0 Å². The Morgan fingerprint density at radius 3 is 2.62 bits per heavy atom. The molecule has 1 fully saturated rings. The molecular formula is C17H20N2O2. The van der Waals surface area contributed by atoms with Gasteiger partial charge in [0.25, 0.3) is 5.91 Å². The fourth-order valence-corrected chi connectivity index (χ4v) is 2.76. The van der Waals surface area contributed by atoms with Crippen LogP contribution in [0.5, 0.6) is 0 Å². The number of carbonyl (C=O) groups is 2. The van der Waals surface area contributed by atoms with Crippen LogP contribution in [-0.4, -0.2) is 29.3 Å². The molecule has 0 saturated carbocycles. The fourth-order valence-electron chi connectivity index (χ4n) is 2.76. The topological polar surface area (TPSA) is 49.4 Å². The largest absolute Gasteiger partial charge is 0.337 e. The van der Waals surface area contributed by atoms with Crippen LogP contribution in [0.3, 0.4) is 0 Å². The van der Waals surface area contributed by atoms with Gasteiger partial charge in [-0.05, 0) is 18.9 Å². The summed E-state index contributed by atoms with van der Waals surface area (Å²) in [7, 11) is 0. The number of hydrogen-bond donors (Lipinski definition) is 1. The van der Waals surface area contributed by atoms with Crippen LogP contribution in [0, 0.1) is 12.3 Å². The number of piperazine rings is 1. The Morgan fingerprint density at radius 2 is 2.05 bits per heavy atom. The number of hydrogen-bond acceptors (Lipinski definition) is 2. The van der Waals surface area contributed by atoms with E-state index in [1.165, 1.54) is 0 Å². The Labute approximate surface area is 125 Å². The van der Waals surface area contributed by atoms with E-state index in [2.05, 4.69) is 11.2 Å². The minimum absolute atomic E-state index is 0.0709. The third kappa shape index (κ3) is 2.78. The molecule has 4 nitrogen and oxygen atoms in total. The minimum Gasteiger partial charge on any atom is -0.337 e. The van der Waals surface area contributed by atoms with Gasteiger partial charge in [-0.25, -0.2) is 0 Å². The van der Waals surface area contributed by atoms with E-state index in [1.54, 1.807) is 11.8 Å². The van der Waals surface area contributed by atoms with Crippen LogP contribution in [0.4, 0.5) is 0 Å². The van der Waals surface area contributed by atoms with Crippen LogP contribution in [0.15, 0.2) is 30.3 Å². The summed E-state index contributed by atoms with van der Waals surface area (Å²) < 4.78 is 0. The second-order valence-corrected chi connectivity index (χ2v) is 5.44. The molecule has 2 amide bonds. The first-order valence-corrected chi connectivity index (χ1v) is 7.14. The lowest BCUT2D eigenvalue weighted by atomic mass is 9.87. The molecular weight excluding hydrogens is 264 g/mol. The molecule has 2 rings (SSSR count). The molecule has 1 saturated heterocycles. The van der Waals surface area contributed by atoms with E-state index in [0.717, 1.165) is 12.0 Å². The molecule has 0 bridgehead atoms. The average molecular weight is 284 g/mol. The maximum Gasteiger partial charge on any atom is 0.253 e. The van der Waals surface area contributed by atoms with E-state index in [-0.39, 0.29) is 24.4 Å². The van der Waals surface area contributed by atoms with Crippen molar-refractivity contribution in [1.82, 2.24) is 10.2 Å². The van der Waals surface area contributed by atoms with Gasteiger partial charge in [0.2, 0.25) is 5.91 Å². The van der Waals surface area contributed by atoms with Crippen molar-refractivity contribution in [3.05, 3.63) is 35.9 Å². The Balaban J connectivity index is 2.38. The highest BCUT2D eigenvalue weighted by atomic mass is 16.2. The normalized spacial score (nSPS) is 23.4. The van der Waals surface area contributed by atoms with Gasteiger partial charge in [-0.3, -0.25) is 9.59 Å². The first kappa shape index (κ1) is 15.1. The highest BCUT2D eigenvalue weighted by Crippen LogP contribution is 2.28. The minimum atomic E-state index is -1.03. The van der Waals surface area contributed by atoms with Crippen molar-refractivity contribution >= 4 is 11.8 Å². The number of amides is 2. The lowest BCUT2D eigenvalue weighted by Gasteiger charge is -2.43. The molecule has 2 unspecified atom stereocenters. The van der Waals surface area contributed by atoms with Crippen molar-refractivity contribution in [3.8, 4) is 12.3 Å². The zero-order chi connectivity index (χ0) is 15.5. The van der Waals surface area contributed by atoms with Crippen molar-refractivity contribution in [2.75, 3.05) is 6.54 Å². The van der Waals surface area contributed by atoms with Crippen LogP contribution in [-0.2, 0) is 15.1 Å². The molecule has 21 heavy (non-hydrogen) atoms. The quantitative estimate of drug-likeness (QED) is 0.855. The second-order valence-electron chi connectivity index (χ2n) is 5.44. The standard InChI is InChI=1S/C17H20N2O2/c1-4-9-14(5-2)19-12-15(20)18-17(3,16(19)21)13-10-7-6-8-11-13/h1,6-8,10-11,14H,5,9,12H2,2-3H3,(H,18,20). The van der Waals surface area contributed by atoms with Gasteiger partial charge < -0.3 is 10.2 Å². The smallest absolute Gasteiger partial charge is 0.253 e. The highest BCUT2D eigenvalue weighted by Gasteiger charge is 2.45. The molecule has 1 aliphatic rings. The van der Waals surface area contributed by atoms with Crippen molar-refractivity contribution < 1.29 is 9.59 Å². The maximum atomic E-state index is 12.9. The van der Waals surface area contributed by atoms with E-state index < -0.39 is 5.54 Å². The maximum absolute atomic E-state index is 12.9. The second kappa shape index (κ2) is 6.01. The zero-order valence-corrected chi connectivity index (χ0v) is 12.4. The lowest BCUT2D eigenvalue weighted by Crippen LogP contribution is -2.65. The van der Waals surface area contributed by atoms with Crippen molar-refractivity contribution in [2.45, 2.75) is 38.3 Å². The highest BCUT2D eigenvalue weighted by molar-refractivity contribution is 5.98. The molecule has 0 radical (unpaired) electrons. The van der Waals surface area contributed by atoms with Crippen LogP contribution in [0.25, 0.3) is 0 Å². The molecule has 0 spiro atoms. The summed E-state index contributed by atoms with van der Waals surface area (Å²) in [5, 5.41) is 2.83. The van der Waals surface area contributed by atoms with Gasteiger partial charge in [-0.1, -0.05) is 37.3 Å². The van der Waals surface area contributed by atoms with Crippen LogP contribution < -0.4 is 5.32 Å². The molecule has 1 aromatic carbocycles. The fraction of sp³-hybridized carbons (Fsp3) is 0.412. The van der Waals surface area contributed by atoms with Gasteiger partial charge in [0, 0.05) is 12.5 Å². The van der Waals surface area contributed by atoms with Gasteiger partial charge in [0.05, 0.1) is 6.54 Å². The Kier molecular flexibility index (Phi) is 4.32. The monoisotopic (exact) mass is 284 g/mol. The molecule has 4 heteroatoms. The summed E-state index contributed by atoms with van der Waals surface area (Å²) in [5.74, 6) is 2.34. The Hall–Kier alpha value is -2.28. The van der Waals surface area contributed by atoms with Crippen molar-refractivity contribution in [3.63, 3.8) is 0 Å². The first-order valence-electron chi connectivity index (χ1n) is 7.14. The Bertz CT molecular complexity index is 576. The molecule has 110 valence electrons. The molecule has 0 aliphatic carbocycles. The number of nitrogens with one attached hydrogen (secondary N) is 1. The van der Waals surface area contributed by atoms with Gasteiger partial charge >= 0.3 is 0 Å². The summed E-state index contributed by atoms with van der Waals surface area (Å²) in [6, 6.07) is 9.20. The number of nitrogens with zero attached hydrogens (tertiary/aromatic N) is 1. The zero-order valence-electron chi connectivity index (χ0n) is 12.4. The van der Waals surface area contributed by atoms with Crippen molar-refractivity contribution in [1.29, 1.82) is 0 Å². The summed E-state index contributed by atoms with van der Waals surface area (Å²) in [6.07, 6.45) is 6.57. The van der Waals surface area contributed by atoms with Crippen LogP contribution >= 0.6 is 0 Å².